The summed E-state index contributed by atoms with van der Waals surface area (Å²) < 4.78 is 11.4. The largest absolute Gasteiger partial charge is 0.507 e. The number of hydrogen-bond donors (Lipinski definition) is 1. The molecule has 1 atom stereocenters. The highest BCUT2D eigenvalue weighted by Crippen LogP contribution is 2.41. The van der Waals surface area contributed by atoms with E-state index in [0.29, 0.717) is 31.1 Å². The predicted octanol–water partition coefficient (Wildman–Crippen LogP) is 5.83. The lowest BCUT2D eigenvalue weighted by atomic mass is 9.93. The zero-order valence-electron chi connectivity index (χ0n) is 20.8. The maximum atomic E-state index is 13.2. The molecule has 2 aromatic carbocycles. The predicted molar refractivity (Wildman–Crippen MR) is 133 cm³/mol. The number of aliphatic hydroxyl groups excluding tert-OH is 1. The molecule has 0 spiro atoms. The van der Waals surface area contributed by atoms with E-state index < -0.39 is 17.7 Å². The van der Waals surface area contributed by atoms with Gasteiger partial charge in [0.05, 0.1) is 24.8 Å². The number of benzene rings is 2. The van der Waals surface area contributed by atoms with Gasteiger partial charge in [-0.15, -0.1) is 0 Å². The van der Waals surface area contributed by atoms with Crippen molar-refractivity contribution in [1.82, 2.24) is 4.90 Å². The Hall–Kier alpha value is -3.28. The number of carbonyl (C=O) groups is 2. The molecule has 6 heteroatoms. The lowest BCUT2D eigenvalue weighted by molar-refractivity contribution is -0.139. The molecule has 0 radical (unpaired) electrons. The number of unbranched alkanes of at least 4 members (excludes halogenated alkanes) is 1. The van der Waals surface area contributed by atoms with E-state index in [1.165, 1.54) is 0 Å². The zero-order valence-corrected chi connectivity index (χ0v) is 20.8. The van der Waals surface area contributed by atoms with Gasteiger partial charge in [-0.25, -0.2) is 0 Å². The number of carbonyl (C=O) groups excluding carboxylic acids is 2. The minimum absolute atomic E-state index is 0.105. The van der Waals surface area contributed by atoms with Crippen LogP contribution in [0.15, 0.2) is 48.0 Å². The molecule has 182 valence electrons. The Balaban J connectivity index is 2.18. The SMILES string of the molecule is CCCCN1C(=O)C(=O)/C(=C(/O)c2ccc(OCC)c(C(C)C)c2)C1c1cccc(OCC)c1. The highest BCUT2D eigenvalue weighted by molar-refractivity contribution is 6.46. The van der Waals surface area contributed by atoms with Crippen molar-refractivity contribution in [3.8, 4) is 11.5 Å². The van der Waals surface area contributed by atoms with Crippen molar-refractivity contribution in [2.75, 3.05) is 19.8 Å². The van der Waals surface area contributed by atoms with Crippen LogP contribution < -0.4 is 9.47 Å². The topological polar surface area (TPSA) is 76.1 Å². The highest BCUT2D eigenvalue weighted by atomic mass is 16.5. The molecule has 2 aromatic rings. The van der Waals surface area contributed by atoms with E-state index in [0.717, 1.165) is 29.7 Å². The Labute approximate surface area is 202 Å². The number of hydrogen-bond acceptors (Lipinski definition) is 5. The second-order valence-corrected chi connectivity index (χ2v) is 8.69. The summed E-state index contributed by atoms with van der Waals surface area (Å²) in [7, 11) is 0. The third-order valence-corrected chi connectivity index (χ3v) is 5.98. The fraction of sp³-hybridized carbons (Fsp3) is 0.429. The number of ketones is 1. The van der Waals surface area contributed by atoms with Gasteiger partial charge in [0.1, 0.15) is 17.3 Å². The maximum Gasteiger partial charge on any atom is 0.295 e. The molecule has 1 saturated heterocycles. The summed E-state index contributed by atoms with van der Waals surface area (Å²) in [5.74, 6) is 0.133. The lowest BCUT2D eigenvalue weighted by Crippen LogP contribution is -2.30. The molecular weight excluding hydrogens is 430 g/mol. The summed E-state index contributed by atoms with van der Waals surface area (Å²) in [5.41, 5.74) is 2.26. The van der Waals surface area contributed by atoms with Crippen molar-refractivity contribution in [3.63, 3.8) is 0 Å². The Bertz CT molecular complexity index is 1070. The number of nitrogens with zero attached hydrogens (tertiary/aromatic N) is 1. The summed E-state index contributed by atoms with van der Waals surface area (Å²) >= 11 is 0. The summed E-state index contributed by atoms with van der Waals surface area (Å²) in [6.45, 7) is 11.4. The first-order valence-corrected chi connectivity index (χ1v) is 12.1. The van der Waals surface area contributed by atoms with E-state index in [-0.39, 0.29) is 17.3 Å². The van der Waals surface area contributed by atoms with Crippen LogP contribution in [0.2, 0.25) is 0 Å². The van der Waals surface area contributed by atoms with E-state index in [2.05, 4.69) is 0 Å². The molecule has 1 unspecified atom stereocenters. The molecule has 3 rings (SSSR count). The van der Waals surface area contributed by atoms with E-state index >= 15 is 0 Å². The molecule has 1 aliphatic heterocycles. The van der Waals surface area contributed by atoms with Crippen molar-refractivity contribution in [2.24, 2.45) is 0 Å². The van der Waals surface area contributed by atoms with E-state index in [1.54, 1.807) is 11.0 Å². The van der Waals surface area contributed by atoms with Crippen LogP contribution in [-0.4, -0.2) is 41.5 Å². The summed E-state index contributed by atoms with van der Waals surface area (Å²) in [6.07, 6.45) is 1.64. The quantitative estimate of drug-likeness (QED) is 0.271. The van der Waals surface area contributed by atoms with Crippen LogP contribution in [0.4, 0.5) is 0 Å². The van der Waals surface area contributed by atoms with Gasteiger partial charge in [-0.05, 0) is 67.6 Å². The number of likely N-dealkylation sites (tertiary alicyclic amines) is 1. The Morgan fingerprint density at radius 3 is 2.41 bits per heavy atom. The molecule has 1 amide bonds. The lowest BCUT2D eigenvalue weighted by Gasteiger charge is -2.25. The Morgan fingerprint density at radius 1 is 1.03 bits per heavy atom. The van der Waals surface area contributed by atoms with Gasteiger partial charge in [-0.2, -0.15) is 0 Å². The molecule has 0 bridgehead atoms. The molecule has 0 saturated carbocycles. The van der Waals surface area contributed by atoms with Gasteiger partial charge in [0, 0.05) is 12.1 Å². The van der Waals surface area contributed by atoms with Crippen LogP contribution >= 0.6 is 0 Å². The van der Waals surface area contributed by atoms with Gasteiger partial charge in [0.25, 0.3) is 11.7 Å². The van der Waals surface area contributed by atoms with Gasteiger partial charge in [0.15, 0.2) is 0 Å². The number of ether oxygens (including phenoxy) is 2. The normalized spacial score (nSPS) is 17.5. The second kappa shape index (κ2) is 11.2. The van der Waals surface area contributed by atoms with Gasteiger partial charge < -0.3 is 19.5 Å². The first-order chi connectivity index (χ1) is 16.3. The minimum atomic E-state index is -0.680. The standard InChI is InChI=1S/C28H35NO5/c1-6-9-15-29-25(19-11-10-12-21(16-19)33-7-2)24(27(31)28(29)32)26(30)20-13-14-23(34-8-3)22(17-20)18(4)5/h10-14,16-18,25,30H,6-9,15H2,1-5H3/b26-24+. The Morgan fingerprint density at radius 2 is 1.76 bits per heavy atom. The summed E-state index contributed by atoms with van der Waals surface area (Å²) in [6, 6.07) is 12.1. The Kier molecular flexibility index (Phi) is 8.37. The summed E-state index contributed by atoms with van der Waals surface area (Å²) in [5, 5.41) is 11.4. The van der Waals surface area contributed by atoms with Crippen LogP contribution in [0.25, 0.3) is 5.76 Å². The van der Waals surface area contributed by atoms with Crippen molar-refractivity contribution < 1.29 is 24.2 Å². The van der Waals surface area contributed by atoms with Crippen LogP contribution in [0.1, 0.15) is 76.1 Å². The van der Waals surface area contributed by atoms with Crippen molar-refractivity contribution >= 4 is 17.4 Å². The van der Waals surface area contributed by atoms with Gasteiger partial charge in [-0.3, -0.25) is 9.59 Å². The van der Waals surface area contributed by atoms with Crippen LogP contribution in [0, 0.1) is 0 Å². The summed E-state index contributed by atoms with van der Waals surface area (Å²) in [4.78, 5) is 27.8. The average Bonchev–Trinajstić information content (AvgIpc) is 3.07. The number of aliphatic hydroxyl groups is 1. The van der Waals surface area contributed by atoms with Gasteiger partial charge >= 0.3 is 0 Å². The van der Waals surface area contributed by atoms with Crippen LogP contribution in [0.3, 0.4) is 0 Å². The number of rotatable bonds is 10. The molecule has 1 fully saturated rings. The van der Waals surface area contributed by atoms with E-state index in [1.807, 2.05) is 71.0 Å². The molecule has 1 N–H and O–H groups in total. The van der Waals surface area contributed by atoms with Crippen LogP contribution in [0.5, 0.6) is 11.5 Å². The fourth-order valence-corrected chi connectivity index (χ4v) is 4.32. The van der Waals surface area contributed by atoms with Gasteiger partial charge in [-0.1, -0.05) is 39.3 Å². The molecular formula is C28H35NO5. The zero-order chi connectivity index (χ0) is 24.8. The first-order valence-electron chi connectivity index (χ1n) is 12.1. The first kappa shape index (κ1) is 25.3. The third kappa shape index (κ3) is 5.11. The molecule has 34 heavy (non-hydrogen) atoms. The number of amides is 1. The molecule has 0 aromatic heterocycles. The molecule has 1 aliphatic rings. The average molecular weight is 466 g/mol. The van der Waals surface area contributed by atoms with E-state index in [9.17, 15) is 14.7 Å². The molecule has 6 nitrogen and oxygen atoms in total. The van der Waals surface area contributed by atoms with Crippen molar-refractivity contribution in [3.05, 3.63) is 64.7 Å². The maximum absolute atomic E-state index is 13.2. The van der Waals surface area contributed by atoms with Crippen molar-refractivity contribution in [2.45, 2.75) is 59.4 Å². The second-order valence-electron chi connectivity index (χ2n) is 8.69. The third-order valence-electron chi connectivity index (χ3n) is 5.98. The minimum Gasteiger partial charge on any atom is -0.507 e. The highest BCUT2D eigenvalue weighted by Gasteiger charge is 2.45. The van der Waals surface area contributed by atoms with Crippen LogP contribution in [-0.2, 0) is 9.59 Å². The smallest absolute Gasteiger partial charge is 0.295 e. The fourth-order valence-electron chi connectivity index (χ4n) is 4.32. The molecule has 1 heterocycles. The van der Waals surface area contributed by atoms with Gasteiger partial charge in [0.2, 0.25) is 0 Å². The van der Waals surface area contributed by atoms with Crippen molar-refractivity contribution in [1.29, 1.82) is 0 Å². The monoisotopic (exact) mass is 465 g/mol. The van der Waals surface area contributed by atoms with E-state index in [4.69, 9.17) is 9.47 Å². The number of Topliss-reactive ketones (excluding diaryl/α,β-unsaturated/α-hetero) is 1. The molecule has 0 aliphatic carbocycles.